The molecule has 0 saturated carbocycles. The molecule has 0 aromatic heterocycles. The maximum absolute atomic E-state index is 10.7. The fraction of sp³-hybridized carbons (Fsp3) is 0.500. The summed E-state index contributed by atoms with van der Waals surface area (Å²) in [4.78, 5) is 10.7. The van der Waals surface area contributed by atoms with E-state index in [-0.39, 0.29) is 5.57 Å². The minimum absolute atomic E-state index is 0.131. The van der Waals surface area contributed by atoms with Gasteiger partial charge in [0.2, 0.25) is 0 Å². The Morgan fingerprint density at radius 1 is 1.46 bits per heavy atom. The molecule has 0 bridgehead atoms. The summed E-state index contributed by atoms with van der Waals surface area (Å²) in [7, 11) is 2.82. The highest BCUT2D eigenvalue weighted by Gasteiger charge is 2.16. The molecule has 13 heavy (non-hydrogen) atoms. The highest BCUT2D eigenvalue weighted by Crippen LogP contribution is 2.11. The van der Waals surface area contributed by atoms with Gasteiger partial charge in [0, 0.05) is 19.8 Å². The van der Waals surface area contributed by atoms with Crippen LogP contribution in [0.5, 0.6) is 0 Å². The van der Waals surface area contributed by atoms with Gasteiger partial charge in [-0.2, -0.15) is 5.26 Å². The first-order valence-corrected chi connectivity index (χ1v) is 3.54. The van der Waals surface area contributed by atoms with Gasteiger partial charge in [-0.3, -0.25) is 4.79 Å². The van der Waals surface area contributed by atoms with Crippen LogP contribution in [-0.4, -0.2) is 26.4 Å². The smallest absolute Gasteiger partial charge is 0.259 e. The van der Waals surface area contributed by atoms with Gasteiger partial charge in [-0.15, -0.1) is 0 Å². The molecule has 0 unspecified atom stereocenters. The molecule has 1 amide bonds. The van der Waals surface area contributed by atoms with Crippen molar-refractivity contribution in [2.24, 2.45) is 5.73 Å². The molecule has 2 N–H and O–H groups in total. The second-order valence-electron chi connectivity index (χ2n) is 2.34. The monoisotopic (exact) mass is 184 g/mol. The molecule has 5 nitrogen and oxygen atoms in total. The minimum Gasteiger partial charge on any atom is -0.365 e. The van der Waals surface area contributed by atoms with Gasteiger partial charge in [0.15, 0.2) is 6.29 Å². The molecular weight excluding hydrogens is 172 g/mol. The average Bonchev–Trinajstić information content (AvgIpc) is 2.07. The molecule has 0 rings (SSSR count). The second-order valence-corrected chi connectivity index (χ2v) is 2.34. The number of primary amides is 1. The number of rotatable bonds is 4. The highest BCUT2D eigenvalue weighted by molar-refractivity contribution is 5.96. The third-order valence-electron chi connectivity index (χ3n) is 1.53. The molecule has 0 heterocycles. The van der Waals surface area contributed by atoms with E-state index >= 15 is 0 Å². The summed E-state index contributed by atoms with van der Waals surface area (Å²) < 4.78 is 9.71. The topological polar surface area (TPSA) is 85.3 Å². The van der Waals surface area contributed by atoms with Crippen molar-refractivity contribution in [1.29, 1.82) is 5.26 Å². The molecule has 0 saturated heterocycles. The van der Waals surface area contributed by atoms with Crippen molar-refractivity contribution in [3.8, 4) is 6.07 Å². The summed E-state index contributed by atoms with van der Waals surface area (Å²) >= 11 is 0. The lowest BCUT2D eigenvalue weighted by Gasteiger charge is -2.14. The molecule has 0 spiro atoms. The third kappa shape index (κ3) is 2.86. The molecule has 0 aliphatic rings. The number of nitrogens with two attached hydrogens (primary N) is 1. The van der Waals surface area contributed by atoms with E-state index in [1.165, 1.54) is 14.2 Å². The predicted molar refractivity (Wildman–Crippen MR) is 45.3 cm³/mol. The standard InChI is InChI=1S/C8H12N2O3/c1-5(8(12-2)13-3)6(4-9)7(10)11/h8H,1-3H3,(H2,10,11)/b6-5-. The SMILES string of the molecule is COC(OC)/C(C)=C(/C#N)C(N)=O. The number of carbonyl (C=O) groups is 1. The van der Waals surface area contributed by atoms with Gasteiger partial charge in [0.1, 0.15) is 11.6 Å². The zero-order valence-corrected chi connectivity index (χ0v) is 7.83. The van der Waals surface area contributed by atoms with Gasteiger partial charge < -0.3 is 15.2 Å². The summed E-state index contributed by atoms with van der Waals surface area (Å²) in [6, 6.07) is 1.70. The number of nitrogens with zero attached hydrogens (tertiary/aromatic N) is 1. The van der Waals surface area contributed by atoms with Crippen LogP contribution in [0.3, 0.4) is 0 Å². The Balaban J connectivity index is 4.96. The van der Waals surface area contributed by atoms with E-state index in [1.807, 2.05) is 0 Å². The van der Waals surface area contributed by atoms with Gasteiger partial charge in [-0.1, -0.05) is 0 Å². The van der Waals surface area contributed by atoms with Crippen LogP contribution in [0.1, 0.15) is 6.92 Å². The zero-order chi connectivity index (χ0) is 10.4. The lowest BCUT2D eigenvalue weighted by Crippen LogP contribution is -2.21. The van der Waals surface area contributed by atoms with Crippen LogP contribution >= 0.6 is 0 Å². The highest BCUT2D eigenvalue weighted by atomic mass is 16.7. The number of amides is 1. The first-order valence-electron chi connectivity index (χ1n) is 3.54. The number of nitriles is 1. The molecule has 0 aliphatic heterocycles. The first-order chi connectivity index (χ1) is 6.08. The van der Waals surface area contributed by atoms with Crippen LogP contribution in [0.15, 0.2) is 11.1 Å². The van der Waals surface area contributed by atoms with E-state index in [0.29, 0.717) is 5.57 Å². The molecule has 5 heteroatoms. The fourth-order valence-corrected chi connectivity index (χ4v) is 0.905. The number of methoxy groups -OCH3 is 2. The van der Waals surface area contributed by atoms with Crippen molar-refractivity contribution in [1.82, 2.24) is 0 Å². The Kier molecular flexibility index (Phi) is 4.74. The number of ether oxygens (including phenoxy) is 2. The number of carbonyl (C=O) groups excluding carboxylic acids is 1. The molecule has 0 aliphatic carbocycles. The van der Waals surface area contributed by atoms with Gasteiger partial charge in [-0.25, -0.2) is 0 Å². The van der Waals surface area contributed by atoms with Crippen molar-refractivity contribution >= 4 is 5.91 Å². The molecule has 0 radical (unpaired) electrons. The summed E-state index contributed by atoms with van der Waals surface area (Å²) in [5.74, 6) is -0.779. The van der Waals surface area contributed by atoms with Gasteiger partial charge in [0.25, 0.3) is 5.91 Å². The van der Waals surface area contributed by atoms with Crippen LogP contribution in [0.2, 0.25) is 0 Å². The maximum Gasteiger partial charge on any atom is 0.259 e. The Morgan fingerprint density at radius 2 is 1.92 bits per heavy atom. The minimum atomic E-state index is -0.779. The quantitative estimate of drug-likeness (QED) is 0.376. The van der Waals surface area contributed by atoms with Crippen LogP contribution in [0.4, 0.5) is 0 Å². The summed E-state index contributed by atoms with van der Waals surface area (Å²) in [6.07, 6.45) is -0.706. The van der Waals surface area contributed by atoms with Gasteiger partial charge >= 0.3 is 0 Å². The molecule has 0 aromatic rings. The van der Waals surface area contributed by atoms with Crippen molar-refractivity contribution in [2.45, 2.75) is 13.2 Å². The van der Waals surface area contributed by atoms with Crippen LogP contribution in [0.25, 0.3) is 0 Å². The van der Waals surface area contributed by atoms with Gasteiger partial charge in [0.05, 0.1) is 0 Å². The first kappa shape index (κ1) is 11.6. The van der Waals surface area contributed by atoms with Crippen molar-refractivity contribution in [2.75, 3.05) is 14.2 Å². The third-order valence-corrected chi connectivity index (χ3v) is 1.53. The normalized spacial score (nSPS) is 12.2. The molecule has 0 aromatic carbocycles. The Bertz CT molecular complexity index is 261. The van der Waals surface area contributed by atoms with E-state index in [2.05, 4.69) is 0 Å². The molecule has 72 valence electrons. The number of hydrogen-bond donors (Lipinski definition) is 1. The average molecular weight is 184 g/mol. The van der Waals surface area contributed by atoms with E-state index in [0.717, 1.165) is 0 Å². The van der Waals surface area contributed by atoms with Crippen molar-refractivity contribution < 1.29 is 14.3 Å². The van der Waals surface area contributed by atoms with E-state index in [9.17, 15) is 4.79 Å². The second kappa shape index (κ2) is 5.30. The fourth-order valence-electron chi connectivity index (χ4n) is 0.905. The van der Waals surface area contributed by atoms with E-state index in [4.69, 9.17) is 20.5 Å². The molecular formula is C8H12N2O3. The van der Waals surface area contributed by atoms with Crippen LogP contribution in [-0.2, 0) is 14.3 Å². The summed E-state index contributed by atoms with van der Waals surface area (Å²) in [5, 5.41) is 8.59. The number of hydrogen-bond acceptors (Lipinski definition) is 4. The zero-order valence-electron chi connectivity index (χ0n) is 7.83. The molecule has 0 atom stereocenters. The van der Waals surface area contributed by atoms with Gasteiger partial charge in [-0.05, 0) is 6.92 Å². The Morgan fingerprint density at radius 3 is 2.15 bits per heavy atom. The molecule has 0 fully saturated rings. The summed E-state index contributed by atoms with van der Waals surface area (Å²) in [6.45, 7) is 1.56. The lowest BCUT2D eigenvalue weighted by atomic mass is 10.1. The van der Waals surface area contributed by atoms with E-state index in [1.54, 1.807) is 13.0 Å². The van der Waals surface area contributed by atoms with E-state index < -0.39 is 12.2 Å². The largest absolute Gasteiger partial charge is 0.365 e. The van der Waals surface area contributed by atoms with Crippen molar-refractivity contribution in [3.05, 3.63) is 11.1 Å². The Labute approximate surface area is 76.7 Å². The van der Waals surface area contributed by atoms with Crippen molar-refractivity contribution in [3.63, 3.8) is 0 Å². The summed E-state index contributed by atoms with van der Waals surface area (Å²) in [5.41, 5.74) is 5.21. The van der Waals surface area contributed by atoms with Crippen LogP contribution < -0.4 is 5.73 Å². The predicted octanol–water partition coefficient (Wildman–Crippen LogP) is -0.0693. The van der Waals surface area contributed by atoms with Crippen LogP contribution in [0, 0.1) is 11.3 Å². The maximum atomic E-state index is 10.7. The Hall–Kier alpha value is -1.38. The lowest BCUT2D eigenvalue weighted by molar-refractivity contribution is -0.114.